The van der Waals surface area contributed by atoms with Crippen LogP contribution in [0.5, 0.6) is 0 Å². The molecule has 0 saturated heterocycles. The quantitative estimate of drug-likeness (QED) is 0.520. The summed E-state index contributed by atoms with van der Waals surface area (Å²) in [4.78, 5) is 38.6. The van der Waals surface area contributed by atoms with Gasteiger partial charge in [0.15, 0.2) is 0 Å². The third kappa shape index (κ3) is 5.76. The molecule has 4 rings (SSSR count). The summed E-state index contributed by atoms with van der Waals surface area (Å²) < 4.78 is 27.2. The van der Waals surface area contributed by atoms with Crippen LogP contribution in [0.4, 0.5) is 9.59 Å². The summed E-state index contributed by atoms with van der Waals surface area (Å²) in [5, 5.41) is 7.33. The number of benzene rings is 1. The van der Waals surface area contributed by atoms with Crippen molar-refractivity contribution in [2.45, 2.75) is 62.4 Å². The van der Waals surface area contributed by atoms with Gasteiger partial charge in [-0.3, -0.25) is 9.69 Å². The van der Waals surface area contributed by atoms with Crippen LogP contribution in [-0.2, 0) is 23.0 Å². The molecule has 1 aromatic heterocycles. The van der Waals surface area contributed by atoms with Crippen LogP contribution in [0.25, 0.3) is 0 Å². The predicted molar refractivity (Wildman–Crippen MR) is 128 cm³/mol. The largest absolute Gasteiger partial charge is 0.337 e. The molecule has 182 valence electrons. The fourth-order valence-corrected chi connectivity index (χ4v) is 6.02. The van der Waals surface area contributed by atoms with Gasteiger partial charge in [0.25, 0.3) is 15.9 Å². The first-order chi connectivity index (χ1) is 16.3. The van der Waals surface area contributed by atoms with Crippen LogP contribution < -0.4 is 15.4 Å². The number of amides is 5. The Hall–Kier alpha value is -2.92. The molecule has 0 unspecified atom stereocenters. The van der Waals surface area contributed by atoms with E-state index in [2.05, 4.69) is 15.4 Å². The van der Waals surface area contributed by atoms with E-state index in [4.69, 9.17) is 0 Å². The molecule has 2 aromatic rings. The smallest absolute Gasteiger partial charge is 0.328 e. The Morgan fingerprint density at radius 2 is 1.74 bits per heavy atom. The van der Waals surface area contributed by atoms with Gasteiger partial charge in [0.05, 0.1) is 16.3 Å². The van der Waals surface area contributed by atoms with Crippen molar-refractivity contribution in [3.63, 3.8) is 0 Å². The van der Waals surface area contributed by atoms with E-state index in [1.165, 1.54) is 28.4 Å². The van der Waals surface area contributed by atoms with E-state index < -0.39 is 22.1 Å². The van der Waals surface area contributed by atoms with Gasteiger partial charge in [-0.2, -0.15) is 0 Å². The summed E-state index contributed by atoms with van der Waals surface area (Å²) in [5.41, 5.74) is 1.67. The zero-order valence-corrected chi connectivity index (χ0v) is 20.3. The molecule has 1 aliphatic heterocycles. The van der Waals surface area contributed by atoms with Gasteiger partial charge in [0, 0.05) is 12.6 Å². The first-order valence-corrected chi connectivity index (χ1v) is 13.8. The molecule has 0 atom stereocenters. The minimum absolute atomic E-state index is 0.00171. The van der Waals surface area contributed by atoms with Crippen LogP contribution >= 0.6 is 11.3 Å². The fraction of sp³-hybridized carbons (Fsp3) is 0.435. The first-order valence-electron chi connectivity index (χ1n) is 11.4. The van der Waals surface area contributed by atoms with Gasteiger partial charge in [0.1, 0.15) is 0 Å². The molecule has 0 radical (unpaired) electrons. The Labute approximate surface area is 203 Å². The van der Waals surface area contributed by atoms with Crippen molar-refractivity contribution in [3.05, 3.63) is 51.7 Å². The van der Waals surface area contributed by atoms with Gasteiger partial charge in [-0.15, -0.1) is 11.3 Å². The summed E-state index contributed by atoms with van der Waals surface area (Å²) in [5.74, 6) is -0.285. The second-order valence-electron chi connectivity index (χ2n) is 8.56. The minimum Gasteiger partial charge on any atom is -0.337 e. The average molecular weight is 505 g/mol. The molecule has 2 aliphatic rings. The molecule has 1 aromatic carbocycles. The number of rotatable bonds is 6. The number of hydrogen-bond donors (Lipinski definition) is 3. The highest BCUT2D eigenvalue weighted by Crippen LogP contribution is 2.27. The van der Waals surface area contributed by atoms with Gasteiger partial charge >= 0.3 is 12.1 Å². The molecular weight excluding hydrogens is 476 g/mol. The Bertz CT molecular complexity index is 1150. The highest BCUT2D eigenvalue weighted by molar-refractivity contribution is 7.90. The number of carbonyl (C=O) groups is 3. The summed E-state index contributed by atoms with van der Waals surface area (Å²) in [7, 11) is -3.98. The van der Waals surface area contributed by atoms with Gasteiger partial charge in [0.2, 0.25) is 0 Å². The van der Waals surface area contributed by atoms with E-state index in [0.29, 0.717) is 17.8 Å². The third-order valence-corrected chi connectivity index (χ3v) is 8.39. The van der Waals surface area contributed by atoms with Crippen molar-refractivity contribution in [1.29, 1.82) is 0 Å². The Morgan fingerprint density at radius 1 is 1.03 bits per heavy atom. The molecule has 0 bridgehead atoms. The lowest BCUT2D eigenvalue weighted by molar-refractivity contribution is 0.0824. The zero-order chi connectivity index (χ0) is 24.1. The van der Waals surface area contributed by atoms with E-state index in [-0.39, 0.29) is 23.4 Å². The molecule has 9 nitrogen and oxygen atoms in total. The lowest BCUT2D eigenvalue weighted by atomic mass is 10.1. The molecular formula is C23H28N4O5S2. The maximum absolute atomic E-state index is 12.6. The van der Waals surface area contributed by atoms with Crippen LogP contribution in [0.2, 0.25) is 0 Å². The van der Waals surface area contributed by atoms with Crippen LogP contribution in [-0.4, -0.2) is 43.9 Å². The monoisotopic (exact) mass is 504 g/mol. The van der Waals surface area contributed by atoms with E-state index in [0.717, 1.165) is 49.7 Å². The van der Waals surface area contributed by atoms with Crippen molar-refractivity contribution in [2.75, 3.05) is 6.54 Å². The van der Waals surface area contributed by atoms with Crippen molar-refractivity contribution in [2.24, 2.45) is 0 Å². The van der Waals surface area contributed by atoms with Crippen molar-refractivity contribution < 1.29 is 22.8 Å². The first kappa shape index (κ1) is 24.2. The number of nitrogens with zero attached hydrogens (tertiary/aromatic N) is 1. The van der Waals surface area contributed by atoms with E-state index in [9.17, 15) is 22.8 Å². The number of thiophene rings is 1. The molecule has 5 amide bonds. The molecule has 1 fully saturated rings. The Kier molecular flexibility index (Phi) is 7.52. The maximum Gasteiger partial charge on any atom is 0.328 e. The standard InChI is InChI=1S/C23H28N4O5S2/c28-21-20-17(12-14-33-20)15-27(21)23(30)24-13-11-16-7-9-19(10-8-16)34(31,32)26-22(29)25-18-5-3-1-2-4-6-18/h7-10,12,14,18H,1-6,11,13,15H2,(H,24,30)(H2,25,26,29). The van der Waals surface area contributed by atoms with E-state index in [1.807, 2.05) is 11.4 Å². The van der Waals surface area contributed by atoms with Crippen LogP contribution in [0.15, 0.2) is 40.6 Å². The van der Waals surface area contributed by atoms with E-state index in [1.54, 1.807) is 12.1 Å². The lowest BCUT2D eigenvalue weighted by Gasteiger charge is -2.17. The van der Waals surface area contributed by atoms with Crippen LogP contribution in [0, 0.1) is 0 Å². The van der Waals surface area contributed by atoms with E-state index >= 15 is 0 Å². The SMILES string of the molecule is O=C(NC1CCCCCC1)NS(=O)(=O)c1ccc(CCNC(=O)N2Cc3ccsc3C2=O)cc1. The Balaban J connectivity index is 1.24. The van der Waals surface area contributed by atoms with Gasteiger partial charge in [-0.25, -0.2) is 22.7 Å². The number of hydrogen-bond acceptors (Lipinski definition) is 6. The van der Waals surface area contributed by atoms with Crippen LogP contribution in [0.1, 0.15) is 59.3 Å². The number of fused-ring (bicyclic) bond motifs is 1. The maximum atomic E-state index is 12.6. The number of urea groups is 2. The normalized spacial score (nSPS) is 16.6. The number of nitrogens with one attached hydrogen (secondary N) is 3. The minimum atomic E-state index is -3.98. The molecule has 2 heterocycles. The van der Waals surface area contributed by atoms with Gasteiger partial charge in [-0.1, -0.05) is 37.8 Å². The number of sulfonamides is 1. The average Bonchev–Trinajstić information content (AvgIpc) is 3.28. The third-order valence-electron chi connectivity index (χ3n) is 6.10. The Morgan fingerprint density at radius 3 is 2.41 bits per heavy atom. The zero-order valence-electron chi connectivity index (χ0n) is 18.7. The molecule has 3 N–H and O–H groups in total. The summed E-state index contributed by atoms with van der Waals surface area (Å²) in [6, 6.07) is 6.83. The molecule has 34 heavy (non-hydrogen) atoms. The fourth-order valence-electron chi connectivity index (χ4n) is 4.24. The molecule has 11 heteroatoms. The summed E-state index contributed by atoms with van der Waals surface area (Å²) in [6.07, 6.45) is 6.53. The number of carbonyl (C=O) groups excluding carboxylic acids is 3. The van der Waals surface area contributed by atoms with Gasteiger partial charge < -0.3 is 10.6 Å². The molecule has 0 spiro atoms. The second-order valence-corrected chi connectivity index (χ2v) is 11.2. The lowest BCUT2D eigenvalue weighted by Crippen LogP contribution is -2.44. The van der Waals surface area contributed by atoms with Crippen molar-refractivity contribution >= 4 is 39.3 Å². The number of imide groups is 1. The molecule has 1 saturated carbocycles. The predicted octanol–water partition coefficient (Wildman–Crippen LogP) is 3.37. The summed E-state index contributed by atoms with van der Waals surface area (Å²) >= 11 is 1.33. The second kappa shape index (κ2) is 10.6. The topological polar surface area (TPSA) is 125 Å². The highest BCUT2D eigenvalue weighted by atomic mass is 32.2. The van der Waals surface area contributed by atoms with Crippen LogP contribution in [0.3, 0.4) is 0 Å². The summed E-state index contributed by atoms with van der Waals surface area (Å²) in [6.45, 7) is 0.571. The van der Waals surface area contributed by atoms with Gasteiger partial charge in [-0.05, 0) is 54.0 Å². The van der Waals surface area contributed by atoms with Crippen molar-refractivity contribution in [3.8, 4) is 0 Å². The molecule has 1 aliphatic carbocycles. The highest BCUT2D eigenvalue weighted by Gasteiger charge is 2.32. The van der Waals surface area contributed by atoms with Crippen molar-refractivity contribution in [1.82, 2.24) is 20.3 Å².